The summed E-state index contributed by atoms with van der Waals surface area (Å²) in [6.45, 7) is 0. The number of hydrogen-bond acceptors (Lipinski definition) is 1. The third-order valence-corrected chi connectivity index (χ3v) is 2.09. The third kappa shape index (κ3) is 2.25. The lowest BCUT2D eigenvalue weighted by atomic mass is 10.2. The Morgan fingerprint density at radius 3 is 2.46 bits per heavy atom. The molecule has 0 aliphatic rings. The highest BCUT2D eigenvalue weighted by Crippen LogP contribution is 2.34. The highest BCUT2D eigenvalue weighted by atomic mass is 35.5. The van der Waals surface area contributed by atoms with Gasteiger partial charge in [-0.2, -0.15) is 13.2 Å². The number of nitrogens with zero attached hydrogens (tertiary/aromatic N) is 1. The average molecular weight is 230 g/mol. The van der Waals surface area contributed by atoms with Crippen molar-refractivity contribution in [1.29, 1.82) is 0 Å². The molecular formula is C7H4Cl2F3N. The molecule has 0 aromatic carbocycles. The van der Waals surface area contributed by atoms with E-state index in [1.54, 1.807) is 0 Å². The summed E-state index contributed by atoms with van der Waals surface area (Å²) in [5.41, 5.74) is -0.863. The van der Waals surface area contributed by atoms with Crippen molar-refractivity contribution in [3.8, 4) is 0 Å². The zero-order valence-corrected chi connectivity index (χ0v) is 7.71. The van der Waals surface area contributed by atoms with Gasteiger partial charge in [-0.3, -0.25) is 4.98 Å². The molecule has 72 valence electrons. The minimum Gasteiger partial charge on any atom is -0.250 e. The molecular weight excluding hydrogens is 226 g/mol. The van der Waals surface area contributed by atoms with Crippen molar-refractivity contribution in [2.45, 2.75) is 12.1 Å². The summed E-state index contributed by atoms with van der Waals surface area (Å²) in [5.74, 6) is -0.0650. The van der Waals surface area contributed by atoms with Crippen molar-refractivity contribution >= 4 is 23.2 Å². The highest BCUT2D eigenvalue weighted by molar-refractivity contribution is 6.32. The molecule has 1 rings (SSSR count). The van der Waals surface area contributed by atoms with Crippen LogP contribution < -0.4 is 0 Å². The SMILES string of the molecule is FC(F)(F)c1nccc(CCl)c1Cl. The molecule has 0 bridgehead atoms. The van der Waals surface area contributed by atoms with Gasteiger partial charge in [-0.25, -0.2) is 0 Å². The fourth-order valence-corrected chi connectivity index (χ4v) is 1.36. The quantitative estimate of drug-likeness (QED) is 0.673. The van der Waals surface area contributed by atoms with Crippen LogP contribution in [0.3, 0.4) is 0 Å². The van der Waals surface area contributed by atoms with E-state index in [9.17, 15) is 13.2 Å². The highest BCUT2D eigenvalue weighted by Gasteiger charge is 2.35. The second-order valence-corrected chi connectivity index (χ2v) is 2.91. The van der Waals surface area contributed by atoms with Gasteiger partial charge in [0.25, 0.3) is 0 Å². The van der Waals surface area contributed by atoms with E-state index in [1.807, 2.05) is 0 Å². The van der Waals surface area contributed by atoms with E-state index in [2.05, 4.69) is 4.98 Å². The van der Waals surface area contributed by atoms with E-state index >= 15 is 0 Å². The van der Waals surface area contributed by atoms with Crippen LogP contribution in [0.2, 0.25) is 5.02 Å². The van der Waals surface area contributed by atoms with Gasteiger partial charge in [-0.05, 0) is 11.6 Å². The molecule has 0 N–H and O–H groups in total. The van der Waals surface area contributed by atoms with Gasteiger partial charge >= 0.3 is 6.18 Å². The second kappa shape index (κ2) is 3.72. The summed E-state index contributed by atoms with van der Waals surface area (Å²) in [4.78, 5) is 3.14. The molecule has 0 saturated heterocycles. The zero-order chi connectivity index (χ0) is 10.1. The maximum absolute atomic E-state index is 12.2. The van der Waals surface area contributed by atoms with E-state index < -0.39 is 16.9 Å². The molecule has 0 amide bonds. The molecule has 0 atom stereocenters. The minimum absolute atomic E-state index is 0.0650. The van der Waals surface area contributed by atoms with Gasteiger partial charge in [0, 0.05) is 12.1 Å². The summed E-state index contributed by atoms with van der Waals surface area (Å²) in [6, 6.07) is 1.35. The van der Waals surface area contributed by atoms with Gasteiger partial charge in [-0.1, -0.05) is 11.6 Å². The first-order chi connectivity index (χ1) is 5.96. The Labute approximate surface area is 82.5 Å². The molecule has 1 aromatic heterocycles. The van der Waals surface area contributed by atoms with Crippen LogP contribution in [-0.4, -0.2) is 4.98 Å². The maximum atomic E-state index is 12.2. The van der Waals surface area contributed by atoms with Crippen molar-refractivity contribution < 1.29 is 13.2 Å². The first-order valence-electron chi connectivity index (χ1n) is 3.23. The molecule has 1 heterocycles. The second-order valence-electron chi connectivity index (χ2n) is 2.26. The largest absolute Gasteiger partial charge is 0.434 e. The Balaban J connectivity index is 3.24. The summed E-state index contributed by atoms with van der Waals surface area (Å²) >= 11 is 10.8. The number of halogens is 5. The van der Waals surface area contributed by atoms with Crippen molar-refractivity contribution in [2.24, 2.45) is 0 Å². The van der Waals surface area contributed by atoms with Gasteiger partial charge < -0.3 is 0 Å². The van der Waals surface area contributed by atoms with Crippen LogP contribution in [0.5, 0.6) is 0 Å². The molecule has 0 radical (unpaired) electrons. The number of rotatable bonds is 1. The van der Waals surface area contributed by atoms with Crippen LogP contribution in [0, 0.1) is 0 Å². The Hall–Kier alpha value is -0.480. The molecule has 0 aliphatic heterocycles. The number of aromatic nitrogens is 1. The molecule has 1 aromatic rings. The first kappa shape index (κ1) is 10.6. The van der Waals surface area contributed by atoms with E-state index in [1.165, 1.54) is 6.07 Å². The van der Waals surface area contributed by atoms with Gasteiger partial charge in [0.1, 0.15) is 0 Å². The molecule has 0 fully saturated rings. The predicted molar refractivity (Wildman–Crippen MR) is 43.8 cm³/mol. The monoisotopic (exact) mass is 229 g/mol. The fourth-order valence-electron chi connectivity index (χ4n) is 0.785. The summed E-state index contributed by atoms with van der Waals surface area (Å²) in [7, 11) is 0. The van der Waals surface area contributed by atoms with Crippen molar-refractivity contribution in [2.75, 3.05) is 0 Å². The molecule has 0 saturated carbocycles. The van der Waals surface area contributed by atoms with Gasteiger partial charge in [0.15, 0.2) is 5.69 Å². The lowest BCUT2D eigenvalue weighted by Crippen LogP contribution is -2.09. The van der Waals surface area contributed by atoms with Crippen LogP contribution >= 0.6 is 23.2 Å². The lowest BCUT2D eigenvalue weighted by Gasteiger charge is -2.09. The maximum Gasteiger partial charge on any atom is 0.434 e. The van der Waals surface area contributed by atoms with Gasteiger partial charge in [0.05, 0.1) is 5.02 Å². The fraction of sp³-hybridized carbons (Fsp3) is 0.286. The Morgan fingerprint density at radius 2 is 2.00 bits per heavy atom. The number of alkyl halides is 4. The van der Waals surface area contributed by atoms with Crippen LogP contribution in [0.15, 0.2) is 12.3 Å². The summed E-state index contributed by atoms with van der Waals surface area (Å²) in [5, 5.41) is -0.426. The first-order valence-corrected chi connectivity index (χ1v) is 4.14. The average Bonchev–Trinajstić information content (AvgIpc) is 2.02. The molecule has 0 spiro atoms. The van der Waals surface area contributed by atoms with Crippen molar-refractivity contribution in [3.63, 3.8) is 0 Å². The van der Waals surface area contributed by atoms with Gasteiger partial charge in [0.2, 0.25) is 0 Å². The topological polar surface area (TPSA) is 12.9 Å². The third-order valence-electron chi connectivity index (χ3n) is 1.38. The Bertz CT molecular complexity index is 311. The van der Waals surface area contributed by atoms with E-state index in [0.717, 1.165) is 6.20 Å². The van der Waals surface area contributed by atoms with Crippen LogP contribution in [0.1, 0.15) is 11.3 Å². The Morgan fingerprint density at radius 1 is 1.38 bits per heavy atom. The van der Waals surface area contributed by atoms with Crippen molar-refractivity contribution in [1.82, 2.24) is 4.98 Å². The zero-order valence-electron chi connectivity index (χ0n) is 6.20. The van der Waals surface area contributed by atoms with Crippen LogP contribution in [-0.2, 0) is 12.1 Å². The number of hydrogen-bond donors (Lipinski definition) is 0. The summed E-state index contributed by atoms with van der Waals surface area (Å²) in [6.07, 6.45) is -3.49. The standard InChI is InChI=1S/C7H4Cl2F3N/c8-3-4-1-2-13-6(5(4)9)7(10,11)12/h1-2H,3H2. The lowest BCUT2D eigenvalue weighted by molar-refractivity contribution is -0.141. The molecule has 6 heteroatoms. The van der Waals surface area contributed by atoms with Crippen LogP contribution in [0.4, 0.5) is 13.2 Å². The minimum atomic E-state index is -4.53. The van der Waals surface area contributed by atoms with Crippen molar-refractivity contribution in [3.05, 3.63) is 28.5 Å². The van der Waals surface area contributed by atoms with E-state index in [0.29, 0.717) is 0 Å². The van der Waals surface area contributed by atoms with E-state index in [-0.39, 0.29) is 11.4 Å². The molecule has 1 nitrogen and oxygen atoms in total. The molecule has 13 heavy (non-hydrogen) atoms. The number of pyridine rings is 1. The smallest absolute Gasteiger partial charge is 0.250 e. The van der Waals surface area contributed by atoms with Gasteiger partial charge in [-0.15, -0.1) is 11.6 Å². The predicted octanol–water partition coefficient (Wildman–Crippen LogP) is 3.49. The normalized spacial score (nSPS) is 11.8. The van der Waals surface area contributed by atoms with Crippen LogP contribution in [0.25, 0.3) is 0 Å². The molecule has 0 aliphatic carbocycles. The summed E-state index contributed by atoms with van der Waals surface area (Å²) < 4.78 is 36.5. The van der Waals surface area contributed by atoms with E-state index in [4.69, 9.17) is 23.2 Å². The molecule has 0 unspecified atom stereocenters. The Kier molecular flexibility index (Phi) is 3.03.